The van der Waals surface area contributed by atoms with Crippen molar-refractivity contribution in [3.8, 4) is 5.75 Å². The van der Waals surface area contributed by atoms with Crippen molar-refractivity contribution < 1.29 is 14.3 Å². The quantitative estimate of drug-likeness (QED) is 0.469. The Bertz CT molecular complexity index is 952. The van der Waals surface area contributed by atoms with E-state index >= 15 is 0 Å². The molecule has 3 nitrogen and oxygen atoms in total. The fourth-order valence-electron chi connectivity index (χ4n) is 6.75. The molecule has 2 saturated carbocycles. The summed E-state index contributed by atoms with van der Waals surface area (Å²) < 4.78 is 12.6. The van der Waals surface area contributed by atoms with Crippen LogP contribution in [-0.2, 0) is 22.6 Å². The third kappa shape index (κ3) is 3.90. The molecular weight excluding hydrogens is 396 g/mol. The smallest absolute Gasteiger partial charge is 0.139 e. The monoisotopic (exact) mass is 432 g/mol. The van der Waals surface area contributed by atoms with Crippen molar-refractivity contribution in [2.75, 3.05) is 6.61 Å². The lowest BCUT2D eigenvalue weighted by Gasteiger charge is -2.52. The predicted molar refractivity (Wildman–Crippen MR) is 127 cm³/mol. The van der Waals surface area contributed by atoms with Crippen LogP contribution in [0.25, 0.3) is 0 Å². The molecule has 0 radical (unpaired) electrons. The lowest BCUT2D eigenvalue weighted by Crippen LogP contribution is -2.49. The van der Waals surface area contributed by atoms with Crippen LogP contribution in [-0.4, -0.2) is 18.5 Å². The van der Waals surface area contributed by atoms with Crippen molar-refractivity contribution in [2.45, 2.75) is 77.4 Å². The van der Waals surface area contributed by atoms with Crippen molar-refractivity contribution in [3.05, 3.63) is 65.2 Å². The summed E-state index contributed by atoms with van der Waals surface area (Å²) in [7, 11) is 0. The number of carbonyl (C=O) groups excluding carboxylic acids is 1. The Hall–Kier alpha value is -2.13. The van der Waals surface area contributed by atoms with Crippen LogP contribution in [0.2, 0.25) is 0 Å². The van der Waals surface area contributed by atoms with E-state index in [0.29, 0.717) is 30.1 Å². The Kier molecular flexibility index (Phi) is 6.11. The molecule has 3 aliphatic carbocycles. The van der Waals surface area contributed by atoms with E-state index in [1.165, 1.54) is 16.7 Å². The van der Waals surface area contributed by atoms with E-state index in [2.05, 4.69) is 56.3 Å². The van der Waals surface area contributed by atoms with Crippen LogP contribution >= 0.6 is 0 Å². The summed E-state index contributed by atoms with van der Waals surface area (Å²) in [6.07, 6.45) is 7.29. The van der Waals surface area contributed by atoms with Gasteiger partial charge in [-0.1, -0.05) is 56.7 Å². The molecular formula is C29H36O3. The predicted octanol–water partition coefficient (Wildman–Crippen LogP) is 6.49. The largest absolute Gasteiger partial charge is 0.489 e. The average molecular weight is 433 g/mol. The van der Waals surface area contributed by atoms with Crippen molar-refractivity contribution in [1.82, 2.24) is 0 Å². The van der Waals surface area contributed by atoms with Gasteiger partial charge in [0.1, 0.15) is 18.1 Å². The minimum Gasteiger partial charge on any atom is -0.489 e. The molecule has 0 unspecified atom stereocenters. The van der Waals surface area contributed by atoms with E-state index in [1.54, 1.807) is 0 Å². The third-order valence-corrected chi connectivity index (χ3v) is 8.44. The van der Waals surface area contributed by atoms with Gasteiger partial charge < -0.3 is 9.47 Å². The molecule has 0 aromatic heterocycles. The maximum Gasteiger partial charge on any atom is 0.139 e. The van der Waals surface area contributed by atoms with Crippen molar-refractivity contribution in [3.63, 3.8) is 0 Å². The number of ether oxygens (including phenoxy) is 2. The molecule has 170 valence electrons. The molecule has 3 aliphatic rings. The Labute approximate surface area is 192 Å². The maximum absolute atomic E-state index is 12.9. The van der Waals surface area contributed by atoms with Crippen LogP contribution in [0.4, 0.5) is 0 Å². The van der Waals surface area contributed by atoms with Gasteiger partial charge in [0.15, 0.2) is 0 Å². The van der Waals surface area contributed by atoms with Crippen LogP contribution in [0.5, 0.6) is 5.75 Å². The number of aryl methyl sites for hydroxylation is 1. The fourth-order valence-corrected chi connectivity index (χ4v) is 6.75. The fraction of sp³-hybridized carbons (Fsp3) is 0.552. The Balaban J connectivity index is 1.40. The number of rotatable bonds is 7. The van der Waals surface area contributed by atoms with Gasteiger partial charge in [-0.15, -0.1) is 0 Å². The van der Waals surface area contributed by atoms with E-state index < -0.39 is 0 Å². The van der Waals surface area contributed by atoms with Gasteiger partial charge in [-0.2, -0.15) is 0 Å². The highest BCUT2D eigenvalue weighted by molar-refractivity contribution is 5.87. The van der Waals surface area contributed by atoms with Crippen LogP contribution < -0.4 is 4.74 Å². The summed E-state index contributed by atoms with van der Waals surface area (Å²) in [5.74, 6) is 2.89. The normalized spacial score (nSPS) is 31.0. The number of hydrogen-bond acceptors (Lipinski definition) is 3. The number of hydrogen-bond donors (Lipinski definition) is 0. The zero-order chi connectivity index (χ0) is 22.1. The summed E-state index contributed by atoms with van der Waals surface area (Å²) >= 11 is 0. The average Bonchev–Trinajstić information content (AvgIpc) is 3.12. The number of Topliss-reactive ketones (excluding diaryl/α,β-unsaturated/α-hetero) is 1. The first kappa shape index (κ1) is 21.7. The summed E-state index contributed by atoms with van der Waals surface area (Å²) in [6.45, 7) is 5.83. The highest BCUT2D eigenvalue weighted by Crippen LogP contribution is 2.60. The molecule has 0 amide bonds. The summed E-state index contributed by atoms with van der Waals surface area (Å²) in [6, 6.07) is 17.0. The number of unbranched alkanes of at least 4 members (excludes halogenated alkanes) is 1. The van der Waals surface area contributed by atoms with Crippen LogP contribution in [0.1, 0.15) is 75.0 Å². The Morgan fingerprint density at radius 3 is 2.72 bits per heavy atom. The van der Waals surface area contributed by atoms with Gasteiger partial charge in [0.2, 0.25) is 0 Å². The molecule has 5 rings (SSSR count). The molecule has 0 aliphatic heterocycles. The molecule has 0 heterocycles. The number of benzene rings is 2. The molecule has 0 bridgehead atoms. The summed E-state index contributed by atoms with van der Waals surface area (Å²) in [4.78, 5) is 12.9. The Morgan fingerprint density at radius 2 is 1.91 bits per heavy atom. The molecule has 0 spiro atoms. The lowest BCUT2D eigenvalue weighted by molar-refractivity contribution is -0.136. The standard InChI is InChI=1S/C29H36O3/c1-3-4-16-31-26-18-29(2)25(14-15-27(29)30)24-12-10-21-17-22(11-13-23(21)28(24)26)32-19-20-8-6-5-7-9-20/h5-9,11,13,17,24-26,28H,3-4,10,12,14-16,18-19H2,1-2H3/t24-,25-,26-,28+,29-/m0/s1. The molecule has 32 heavy (non-hydrogen) atoms. The van der Waals surface area contributed by atoms with Gasteiger partial charge in [0.25, 0.3) is 0 Å². The van der Waals surface area contributed by atoms with Crippen molar-refractivity contribution in [2.24, 2.45) is 17.3 Å². The van der Waals surface area contributed by atoms with Gasteiger partial charge in [-0.3, -0.25) is 4.79 Å². The van der Waals surface area contributed by atoms with Gasteiger partial charge in [0, 0.05) is 24.4 Å². The second kappa shape index (κ2) is 9.02. The second-order valence-electron chi connectivity index (χ2n) is 10.3. The molecule has 0 saturated heterocycles. The van der Waals surface area contributed by atoms with Crippen LogP contribution in [0.15, 0.2) is 48.5 Å². The van der Waals surface area contributed by atoms with E-state index in [9.17, 15) is 4.79 Å². The first-order chi connectivity index (χ1) is 15.6. The first-order valence-electron chi connectivity index (χ1n) is 12.5. The first-order valence-corrected chi connectivity index (χ1v) is 12.5. The topological polar surface area (TPSA) is 35.5 Å². The van der Waals surface area contributed by atoms with Gasteiger partial charge in [-0.25, -0.2) is 0 Å². The molecule has 2 fully saturated rings. The zero-order valence-corrected chi connectivity index (χ0v) is 19.5. The minimum absolute atomic E-state index is 0.144. The van der Waals surface area contributed by atoms with E-state index in [4.69, 9.17) is 9.47 Å². The lowest BCUT2D eigenvalue weighted by atomic mass is 9.54. The number of ketones is 1. The zero-order valence-electron chi connectivity index (χ0n) is 19.5. The third-order valence-electron chi connectivity index (χ3n) is 8.44. The summed E-state index contributed by atoms with van der Waals surface area (Å²) in [5, 5.41) is 0. The highest BCUT2D eigenvalue weighted by Gasteiger charge is 2.58. The minimum atomic E-state index is -0.186. The van der Waals surface area contributed by atoms with E-state index in [-0.39, 0.29) is 11.5 Å². The van der Waals surface area contributed by atoms with Crippen molar-refractivity contribution >= 4 is 5.78 Å². The van der Waals surface area contributed by atoms with Crippen molar-refractivity contribution in [1.29, 1.82) is 0 Å². The maximum atomic E-state index is 12.9. The Morgan fingerprint density at radius 1 is 1.06 bits per heavy atom. The summed E-state index contributed by atoms with van der Waals surface area (Å²) in [5.41, 5.74) is 3.85. The molecule has 2 aromatic carbocycles. The van der Waals surface area contributed by atoms with Crippen LogP contribution in [0.3, 0.4) is 0 Å². The van der Waals surface area contributed by atoms with Crippen LogP contribution in [0, 0.1) is 17.3 Å². The van der Waals surface area contributed by atoms with E-state index in [0.717, 1.165) is 57.3 Å². The van der Waals surface area contributed by atoms with Gasteiger partial charge in [0.05, 0.1) is 6.10 Å². The number of carbonyl (C=O) groups is 1. The van der Waals surface area contributed by atoms with Gasteiger partial charge >= 0.3 is 0 Å². The SMILES string of the molecule is CCCCO[C@H]1C[C@]2(C)C(=O)CC[C@H]2[C@@H]2CCc3cc(OCc4ccccc4)ccc3[C@H]21. The van der Waals surface area contributed by atoms with E-state index in [1.807, 2.05) is 6.07 Å². The highest BCUT2D eigenvalue weighted by atomic mass is 16.5. The van der Waals surface area contributed by atoms with Gasteiger partial charge in [-0.05, 0) is 72.8 Å². The molecule has 5 atom stereocenters. The molecule has 3 heteroatoms. The number of fused-ring (bicyclic) bond motifs is 5. The molecule has 0 N–H and O–H groups in total. The second-order valence-corrected chi connectivity index (χ2v) is 10.3. The molecule has 2 aromatic rings.